The number of rotatable bonds is 10. The van der Waals surface area contributed by atoms with Crippen molar-refractivity contribution in [2.45, 2.75) is 68.3 Å². The molecule has 0 aliphatic heterocycles. The zero-order valence-corrected chi connectivity index (χ0v) is 17.4. The highest BCUT2D eigenvalue weighted by atomic mass is 32.2. The maximum Gasteiger partial charge on any atom is 0.303 e. The van der Waals surface area contributed by atoms with Crippen molar-refractivity contribution < 1.29 is 19.2 Å². The normalized spacial score (nSPS) is 11.5. The van der Waals surface area contributed by atoms with E-state index in [-0.39, 0.29) is 17.7 Å². The molecule has 2 aromatic rings. The minimum absolute atomic E-state index is 0.0397. The Bertz CT molecular complexity index is 765. The van der Waals surface area contributed by atoms with Crippen molar-refractivity contribution >= 4 is 40.1 Å². The van der Waals surface area contributed by atoms with Gasteiger partial charge in [0.2, 0.25) is 5.91 Å². The first-order valence-electron chi connectivity index (χ1n) is 8.80. The molecule has 0 bridgehead atoms. The van der Waals surface area contributed by atoms with Gasteiger partial charge in [0.25, 0.3) is 0 Å². The van der Waals surface area contributed by atoms with Gasteiger partial charge in [0.1, 0.15) is 5.76 Å². The van der Waals surface area contributed by atoms with Crippen LogP contribution in [0, 0.1) is 0 Å². The first-order chi connectivity index (χ1) is 12.7. The highest BCUT2D eigenvalue weighted by Gasteiger charge is 2.19. The van der Waals surface area contributed by atoms with Crippen LogP contribution in [0.2, 0.25) is 0 Å². The standard InChI is InChI=1S/C18H25N3O4S2/c1-18(2,3)13-9-12(25-21-13)11-26-16-10-19-17(27-16)20-14(22)7-5-4-6-8-15(23)24/h9-10H,4-8,11H2,1-3H3,(H,23,24)(H,19,20,22). The van der Waals surface area contributed by atoms with E-state index in [9.17, 15) is 9.59 Å². The summed E-state index contributed by atoms with van der Waals surface area (Å²) in [4.78, 5) is 26.6. The number of unbranched alkanes of at least 4 members (excludes halogenated alkanes) is 2. The molecule has 0 unspecified atom stereocenters. The Morgan fingerprint density at radius 3 is 2.67 bits per heavy atom. The van der Waals surface area contributed by atoms with Crippen molar-refractivity contribution in [2.75, 3.05) is 5.32 Å². The van der Waals surface area contributed by atoms with Crippen molar-refractivity contribution in [3.8, 4) is 0 Å². The molecule has 27 heavy (non-hydrogen) atoms. The number of carbonyl (C=O) groups is 2. The summed E-state index contributed by atoms with van der Waals surface area (Å²) in [6.07, 6.45) is 4.25. The quantitative estimate of drug-likeness (QED) is 0.431. The SMILES string of the molecule is CC(C)(C)c1cc(CSc2cnc(NC(=O)CCCCCC(=O)O)s2)on1. The van der Waals surface area contributed by atoms with E-state index in [1.807, 2.05) is 6.07 Å². The van der Waals surface area contributed by atoms with Gasteiger partial charge in [-0.3, -0.25) is 9.59 Å². The van der Waals surface area contributed by atoms with Crippen molar-refractivity contribution in [3.05, 3.63) is 23.7 Å². The van der Waals surface area contributed by atoms with Crippen molar-refractivity contribution in [1.82, 2.24) is 10.1 Å². The largest absolute Gasteiger partial charge is 0.481 e. The molecule has 0 saturated carbocycles. The number of carboxylic acids is 1. The third kappa shape index (κ3) is 7.72. The fraction of sp³-hybridized carbons (Fsp3) is 0.556. The average molecular weight is 412 g/mol. The van der Waals surface area contributed by atoms with Gasteiger partial charge >= 0.3 is 5.97 Å². The molecule has 0 aromatic carbocycles. The molecule has 0 radical (unpaired) electrons. The van der Waals surface area contributed by atoms with Crippen molar-refractivity contribution in [2.24, 2.45) is 0 Å². The number of thioether (sulfide) groups is 1. The molecular formula is C18H25N3O4S2. The van der Waals surface area contributed by atoms with Gasteiger partial charge < -0.3 is 14.9 Å². The molecule has 9 heteroatoms. The average Bonchev–Trinajstić information content (AvgIpc) is 3.21. The van der Waals surface area contributed by atoms with Gasteiger partial charge in [0.15, 0.2) is 5.13 Å². The van der Waals surface area contributed by atoms with Crippen LogP contribution < -0.4 is 5.32 Å². The van der Waals surface area contributed by atoms with E-state index in [0.717, 1.165) is 22.1 Å². The monoisotopic (exact) mass is 411 g/mol. The summed E-state index contributed by atoms with van der Waals surface area (Å²) in [7, 11) is 0. The lowest BCUT2D eigenvalue weighted by Gasteiger charge is -2.12. The second kappa shape index (κ2) is 9.89. The van der Waals surface area contributed by atoms with Crippen LogP contribution in [-0.4, -0.2) is 27.1 Å². The van der Waals surface area contributed by atoms with E-state index in [2.05, 4.69) is 36.2 Å². The number of nitrogens with zero attached hydrogens (tertiary/aromatic N) is 2. The number of carboxylic acid groups (broad SMARTS) is 1. The summed E-state index contributed by atoms with van der Waals surface area (Å²) in [6, 6.07) is 1.97. The van der Waals surface area contributed by atoms with Gasteiger partial charge in [0, 0.05) is 24.3 Å². The number of aromatic nitrogens is 2. The van der Waals surface area contributed by atoms with Gasteiger partial charge in [-0.1, -0.05) is 43.7 Å². The van der Waals surface area contributed by atoms with E-state index >= 15 is 0 Å². The fourth-order valence-corrected chi connectivity index (χ4v) is 3.94. The zero-order valence-electron chi connectivity index (χ0n) is 15.8. The molecule has 2 heterocycles. The Labute approximate surface area is 166 Å². The molecule has 0 saturated heterocycles. The number of carbonyl (C=O) groups excluding carboxylic acids is 1. The van der Waals surface area contributed by atoms with Crippen LogP contribution in [0.4, 0.5) is 5.13 Å². The van der Waals surface area contributed by atoms with Gasteiger partial charge in [-0.05, 0) is 12.8 Å². The summed E-state index contributed by atoms with van der Waals surface area (Å²) >= 11 is 3.01. The highest BCUT2D eigenvalue weighted by molar-refractivity contribution is 8.00. The lowest BCUT2D eigenvalue weighted by Crippen LogP contribution is -2.10. The van der Waals surface area contributed by atoms with Crippen molar-refractivity contribution in [1.29, 1.82) is 0 Å². The summed E-state index contributed by atoms with van der Waals surface area (Å²) < 4.78 is 6.36. The second-order valence-corrected chi connectivity index (χ2v) is 9.51. The third-order valence-corrected chi connectivity index (χ3v) is 5.84. The molecule has 7 nitrogen and oxygen atoms in total. The van der Waals surface area contributed by atoms with Crippen LogP contribution in [0.1, 0.15) is 64.3 Å². The van der Waals surface area contributed by atoms with Crippen LogP contribution >= 0.6 is 23.1 Å². The number of aliphatic carboxylic acids is 1. The van der Waals surface area contributed by atoms with E-state index < -0.39 is 5.97 Å². The summed E-state index contributed by atoms with van der Waals surface area (Å²) in [6.45, 7) is 6.27. The van der Waals surface area contributed by atoms with Crippen LogP contribution in [-0.2, 0) is 20.8 Å². The summed E-state index contributed by atoms with van der Waals surface area (Å²) in [5.74, 6) is 0.571. The minimum Gasteiger partial charge on any atom is -0.481 e. The molecular weight excluding hydrogens is 386 g/mol. The summed E-state index contributed by atoms with van der Waals surface area (Å²) in [5.41, 5.74) is 0.890. The fourth-order valence-electron chi connectivity index (χ4n) is 2.18. The van der Waals surface area contributed by atoms with E-state index in [1.54, 1.807) is 18.0 Å². The van der Waals surface area contributed by atoms with Crippen LogP contribution in [0.3, 0.4) is 0 Å². The molecule has 1 amide bonds. The summed E-state index contributed by atoms with van der Waals surface area (Å²) in [5, 5.41) is 16.0. The molecule has 2 rings (SSSR count). The molecule has 0 aliphatic carbocycles. The Kier molecular flexibility index (Phi) is 7.85. The Hall–Kier alpha value is -1.87. The molecule has 0 fully saturated rings. The highest BCUT2D eigenvalue weighted by Crippen LogP contribution is 2.32. The van der Waals surface area contributed by atoms with Gasteiger partial charge in [-0.15, -0.1) is 11.8 Å². The zero-order chi connectivity index (χ0) is 19.9. The van der Waals surface area contributed by atoms with Crippen molar-refractivity contribution in [3.63, 3.8) is 0 Å². The molecule has 0 spiro atoms. The van der Waals surface area contributed by atoms with Gasteiger partial charge in [0.05, 0.1) is 21.9 Å². The Morgan fingerprint density at radius 1 is 1.26 bits per heavy atom. The van der Waals surface area contributed by atoms with Crippen LogP contribution in [0.25, 0.3) is 0 Å². The van der Waals surface area contributed by atoms with Gasteiger partial charge in [-0.2, -0.15) is 0 Å². The second-order valence-electron chi connectivity index (χ2n) is 7.20. The lowest BCUT2D eigenvalue weighted by molar-refractivity contribution is -0.137. The number of amides is 1. The first-order valence-corrected chi connectivity index (χ1v) is 10.6. The molecule has 2 aromatic heterocycles. The minimum atomic E-state index is -0.799. The first kappa shape index (κ1) is 21.4. The smallest absolute Gasteiger partial charge is 0.303 e. The maximum absolute atomic E-state index is 11.9. The number of hydrogen-bond donors (Lipinski definition) is 2. The molecule has 0 aliphatic rings. The predicted molar refractivity (Wildman–Crippen MR) is 106 cm³/mol. The lowest BCUT2D eigenvalue weighted by atomic mass is 9.92. The predicted octanol–water partition coefficient (Wildman–Crippen LogP) is 4.69. The topological polar surface area (TPSA) is 105 Å². The van der Waals surface area contributed by atoms with E-state index in [4.69, 9.17) is 9.63 Å². The van der Waals surface area contributed by atoms with Crippen LogP contribution in [0.5, 0.6) is 0 Å². The molecule has 0 atom stereocenters. The molecule has 2 N–H and O–H groups in total. The number of hydrogen-bond acceptors (Lipinski definition) is 7. The molecule has 148 valence electrons. The van der Waals surface area contributed by atoms with E-state index in [0.29, 0.717) is 30.1 Å². The Balaban J connectivity index is 1.72. The van der Waals surface area contributed by atoms with Gasteiger partial charge in [-0.25, -0.2) is 4.98 Å². The Morgan fingerprint density at radius 2 is 2.00 bits per heavy atom. The maximum atomic E-state index is 11.9. The number of anilines is 1. The van der Waals surface area contributed by atoms with Crippen LogP contribution in [0.15, 0.2) is 21.0 Å². The third-order valence-electron chi connectivity index (χ3n) is 3.71. The van der Waals surface area contributed by atoms with E-state index in [1.165, 1.54) is 11.3 Å². The number of thiazole rings is 1. The number of nitrogens with one attached hydrogen (secondary N) is 1.